The standard InChI is InChI=1S/C15H27N3O3.ClH/c1-11(2)15(20)17-12-4-3-6-18(9-12)14(19)8-13-10-21-7-5-16-13;/h11-13,16H,3-10H2,1-2H3,(H,17,20);1H. The van der Waals surface area contributed by atoms with E-state index in [9.17, 15) is 9.59 Å². The van der Waals surface area contributed by atoms with Crippen LogP contribution in [0.25, 0.3) is 0 Å². The number of halogens is 1. The summed E-state index contributed by atoms with van der Waals surface area (Å²) in [5.74, 6) is 0.206. The van der Waals surface area contributed by atoms with Crippen LogP contribution < -0.4 is 10.6 Å². The normalized spacial score (nSPS) is 25.5. The van der Waals surface area contributed by atoms with Crippen molar-refractivity contribution in [2.24, 2.45) is 5.92 Å². The minimum Gasteiger partial charge on any atom is -0.378 e. The highest BCUT2D eigenvalue weighted by atomic mass is 35.5. The summed E-state index contributed by atoms with van der Waals surface area (Å²) in [5.41, 5.74) is 0. The second-order valence-electron chi connectivity index (χ2n) is 6.27. The maximum absolute atomic E-state index is 12.3. The molecule has 7 heteroatoms. The van der Waals surface area contributed by atoms with Crippen LogP contribution in [0.1, 0.15) is 33.1 Å². The molecular weight excluding hydrogens is 306 g/mol. The summed E-state index contributed by atoms with van der Waals surface area (Å²) in [6, 6.07) is 0.213. The third-order valence-electron chi connectivity index (χ3n) is 4.06. The van der Waals surface area contributed by atoms with Crippen LogP contribution in [-0.2, 0) is 14.3 Å². The van der Waals surface area contributed by atoms with Crippen LogP contribution in [0.15, 0.2) is 0 Å². The van der Waals surface area contributed by atoms with Gasteiger partial charge in [-0.3, -0.25) is 9.59 Å². The van der Waals surface area contributed by atoms with Gasteiger partial charge in [0.2, 0.25) is 11.8 Å². The van der Waals surface area contributed by atoms with Crippen LogP contribution in [0.4, 0.5) is 0 Å². The van der Waals surface area contributed by atoms with E-state index < -0.39 is 0 Å². The molecule has 2 atom stereocenters. The Hall–Kier alpha value is -0.850. The maximum Gasteiger partial charge on any atom is 0.224 e. The van der Waals surface area contributed by atoms with Gasteiger partial charge >= 0.3 is 0 Å². The van der Waals surface area contributed by atoms with Gasteiger partial charge in [-0.25, -0.2) is 0 Å². The molecule has 0 aliphatic carbocycles. The zero-order valence-electron chi connectivity index (χ0n) is 13.5. The van der Waals surface area contributed by atoms with Crippen molar-refractivity contribution in [2.45, 2.75) is 45.2 Å². The molecule has 2 aliphatic rings. The first-order chi connectivity index (χ1) is 10.1. The number of morpholine rings is 1. The summed E-state index contributed by atoms with van der Waals surface area (Å²) in [6.45, 7) is 7.33. The van der Waals surface area contributed by atoms with E-state index in [4.69, 9.17) is 4.74 Å². The van der Waals surface area contributed by atoms with Crippen molar-refractivity contribution in [3.63, 3.8) is 0 Å². The van der Waals surface area contributed by atoms with Crippen LogP contribution in [-0.4, -0.2) is 61.6 Å². The summed E-state index contributed by atoms with van der Waals surface area (Å²) in [6.07, 6.45) is 2.38. The lowest BCUT2D eigenvalue weighted by molar-refractivity contribution is -0.135. The van der Waals surface area contributed by atoms with E-state index in [0.29, 0.717) is 19.6 Å². The summed E-state index contributed by atoms with van der Waals surface area (Å²) in [4.78, 5) is 26.0. The van der Waals surface area contributed by atoms with Gasteiger partial charge < -0.3 is 20.3 Å². The lowest BCUT2D eigenvalue weighted by Gasteiger charge is -2.35. The monoisotopic (exact) mass is 333 g/mol. The molecule has 0 radical (unpaired) electrons. The van der Waals surface area contributed by atoms with Crippen molar-refractivity contribution in [2.75, 3.05) is 32.8 Å². The zero-order valence-corrected chi connectivity index (χ0v) is 14.3. The highest BCUT2D eigenvalue weighted by molar-refractivity contribution is 5.85. The number of carbonyl (C=O) groups is 2. The molecule has 2 aliphatic heterocycles. The van der Waals surface area contributed by atoms with Gasteiger partial charge in [0.15, 0.2) is 0 Å². The second kappa shape index (κ2) is 9.33. The molecule has 0 aromatic rings. The Morgan fingerprint density at radius 3 is 2.82 bits per heavy atom. The topological polar surface area (TPSA) is 70.7 Å². The molecule has 0 aromatic heterocycles. The van der Waals surface area contributed by atoms with Gasteiger partial charge in [-0.05, 0) is 12.8 Å². The van der Waals surface area contributed by atoms with E-state index in [1.165, 1.54) is 0 Å². The lowest BCUT2D eigenvalue weighted by Crippen LogP contribution is -2.52. The SMILES string of the molecule is CC(C)C(=O)NC1CCCN(C(=O)CC2COCCN2)C1.Cl. The Morgan fingerprint density at radius 2 is 2.18 bits per heavy atom. The quantitative estimate of drug-likeness (QED) is 0.788. The predicted octanol–water partition coefficient (Wildman–Crippen LogP) is 0.550. The van der Waals surface area contributed by atoms with Crippen LogP contribution in [0, 0.1) is 5.92 Å². The van der Waals surface area contributed by atoms with E-state index in [0.717, 1.165) is 32.5 Å². The predicted molar refractivity (Wildman–Crippen MR) is 87.1 cm³/mol. The number of nitrogens with one attached hydrogen (secondary N) is 2. The van der Waals surface area contributed by atoms with Crippen molar-refractivity contribution >= 4 is 24.2 Å². The summed E-state index contributed by atoms with van der Waals surface area (Å²) >= 11 is 0. The van der Waals surface area contributed by atoms with E-state index in [-0.39, 0.29) is 42.2 Å². The molecular formula is C15H28ClN3O3. The number of hydrogen-bond acceptors (Lipinski definition) is 4. The average Bonchev–Trinajstić information content (AvgIpc) is 2.48. The highest BCUT2D eigenvalue weighted by Crippen LogP contribution is 2.13. The van der Waals surface area contributed by atoms with E-state index in [1.807, 2.05) is 18.7 Å². The third kappa shape index (κ3) is 5.74. The van der Waals surface area contributed by atoms with Crippen LogP contribution in [0.3, 0.4) is 0 Å². The van der Waals surface area contributed by atoms with E-state index in [1.54, 1.807) is 0 Å². The van der Waals surface area contributed by atoms with Crippen molar-refractivity contribution in [3.05, 3.63) is 0 Å². The fourth-order valence-corrected chi connectivity index (χ4v) is 2.78. The highest BCUT2D eigenvalue weighted by Gasteiger charge is 2.27. The Labute approximate surface area is 138 Å². The second-order valence-corrected chi connectivity index (χ2v) is 6.27. The number of likely N-dealkylation sites (tertiary alicyclic amines) is 1. The number of nitrogens with zero attached hydrogens (tertiary/aromatic N) is 1. The number of hydrogen-bond donors (Lipinski definition) is 2. The number of rotatable bonds is 4. The number of ether oxygens (including phenoxy) is 1. The Bertz CT molecular complexity index is 373. The average molecular weight is 334 g/mol. The first-order valence-electron chi connectivity index (χ1n) is 7.95. The first-order valence-corrected chi connectivity index (χ1v) is 7.95. The molecule has 2 unspecified atom stereocenters. The van der Waals surface area contributed by atoms with Crippen molar-refractivity contribution in [1.82, 2.24) is 15.5 Å². The van der Waals surface area contributed by atoms with Crippen LogP contribution >= 0.6 is 12.4 Å². The zero-order chi connectivity index (χ0) is 15.2. The minimum absolute atomic E-state index is 0. The molecule has 0 aromatic carbocycles. The van der Waals surface area contributed by atoms with Crippen molar-refractivity contribution in [1.29, 1.82) is 0 Å². The van der Waals surface area contributed by atoms with Crippen molar-refractivity contribution in [3.8, 4) is 0 Å². The molecule has 2 rings (SSSR count). The van der Waals surface area contributed by atoms with Gasteiger partial charge in [-0.15, -0.1) is 12.4 Å². The molecule has 6 nitrogen and oxygen atoms in total. The summed E-state index contributed by atoms with van der Waals surface area (Å²) in [7, 11) is 0. The maximum atomic E-state index is 12.3. The summed E-state index contributed by atoms with van der Waals surface area (Å²) < 4.78 is 5.38. The molecule has 2 amide bonds. The molecule has 128 valence electrons. The molecule has 2 heterocycles. The van der Waals surface area contributed by atoms with Gasteiger partial charge in [0.05, 0.1) is 13.2 Å². The molecule has 2 saturated heterocycles. The van der Waals surface area contributed by atoms with Gasteiger partial charge in [-0.2, -0.15) is 0 Å². The van der Waals surface area contributed by atoms with E-state index >= 15 is 0 Å². The van der Waals surface area contributed by atoms with Gasteiger partial charge in [-0.1, -0.05) is 13.8 Å². The molecule has 0 spiro atoms. The third-order valence-corrected chi connectivity index (χ3v) is 4.06. The Balaban J connectivity index is 0.00000242. The molecule has 2 N–H and O–H groups in total. The smallest absolute Gasteiger partial charge is 0.224 e. The number of carbonyl (C=O) groups excluding carboxylic acids is 2. The fraction of sp³-hybridized carbons (Fsp3) is 0.867. The molecule has 0 saturated carbocycles. The molecule has 2 fully saturated rings. The minimum atomic E-state index is -0.0142. The summed E-state index contributed by atoms with van der Waals surface area (Å²) in [5, 5.41) is 6.34. The lowest BCUT2D eigenvalue weighted by atomic mass is 10.0. The fourth-order valence-electron chi connectivity index (χ4n) is 2.78. The molecule has 22 heavy (non-hydrogen) atoms. The van der Waals surface area contributed by atoms with Gasteiger partial charge in [0.25, 0.3) is 0 Å². The Kier molecular flexibility index (Phi) is 8.14. The largest absolute Gasteiger partial charge is 0.378 e. The van der Waals surface area contributed by atoms with Crippen LogP contribution in [0.5, 0.6) is 0 Å². The number of piperidine rings is 1. The Morgan fingerprint density at radius 1 is 1.41 bits per heavy atom. The van der Waals surface area contributed by atoms with Crippen LogP contribution in [0.2, 0.25) is 0 Å². The molecule has 0 bridgehead atoms. The van der Waals surface area contributed by atoms with E-state index in [2.05, 4.69) is 10.6 Å². The van der Waals surface area contributed by atoms with Crippen molar-refractivity contribution < 1.29 is 14.3 Å². The number of amides is 2. The van der Waals surface area contributed by atoms with Gasteiger partial charge in [0.1, 0.15) is 0 Å². The first kappa shape index (κ1) is 19.2. The van der Waals surface area contributed by atoms with Gasteiger partial charge in [0, 0.05) is 44.1 Å².